The number of sulfone groups is 1. The zero-order chi connectivity index (χ0) is 16.0. The van der Waals surface area contributed by atoms with Gasteiger partial charge in [-0.2, -0.15) is 0 Å². The summed E-state index contributed by atoms with van der Waals surface area (Å²) in [7, 11) is -1.31. The lowest BCUT2D eigenvalue weighted by atomic mass is 10.2. The third kappa shape index (κ3) is 4.93. The van der Waals surface area contributed by atoms with Gasteiger partial charge < -0.3 is 15.0 Å². The molecule has 1 N–H and O–H groups in total. The summed E-state index contributed by atoms with van der Waals surface area (Å²) in [6, 6.07) is 9.91. The van der Waals surface area contributed by atoms with E-state index in [-0.39, 0.29) is 17.5 Å². The number of hydrogen-bond donors (Lipinski definition) is 1. The van der Waals surface area contributed by atoms with E-state index in [4.69, 9.17) is 17.0 Å². The van der Waals surface area contributed by atoms with Crippen LogP contribution in [0.15, 0.2) is 30.3 Å². The number of methoxy groups -OCH3 is 1. The van der Waals surface area contributed by atoms with E-state index in [1.807, 2.05) is 35.2 Å². The highest BCUT2D eigenvalue weighted by Gasteiger charge is 2.33. The first-order chi connectivity index (χ1) is 10.5. The van der Waals surface area contributed by atoms with E-state index >= 15 is 0 Å². The summed E-state index contributed by atoms with van der Waals surface area (Å²) in [4.78, 5) is 1.95. The summed E-state index contributed by atoms with van der Waals surface area (Å²) in [5, 5.41) is 3.81. The molecule has 1 aromatic carbocycles. The molecule has 7 heteroatoms. The van der Waals surface area contributed by atoms with Crippen molar-refractivity contribution >= 4 is 27.2 Å². The molecule has 1 fully saturated rings. The Morgan fingerprint density at radius 2 is 2.14 bits per heavy atom. The Labute approximate surface area is 137 Å². The molecule has 1 aliphatic heterocycles. The van der Waals surface area contributed by atoms with Gasteiger partial charge in [0.05, 0.1) is 18.1 Å². The summed E-state index contributed by atoms with van der Waals surface area (Å²) in [6.07, 6.45) is 0.624. The third-order valence-corrected chi connectivity index (χ3v) is 5.86. The van der Waals surface area contributed by atoms with Gasteiger partial charge in [0.1, 0.15) is 0 Å². The van der Waals surface area contributed by atoms with Gasteiger partial charge in [0, 0.05) is 26.2 Å². The highest BCUT2D eigenvalue weighted by molar-refractivity contribution is 7.91. The van der Waals surface area contributed by atoms with E-state index in [1.54, 1.807) is 7.11 Å². The number of ether oxygens (including phenoxy) is 1. The van der Waals surface area contributed by atoms with Crippen molar-refractivity contribution in [2.75, 3.05) is 31.8 Å². The molecule has 1 aliphatic rings. The van der Waals surface area contributed by atoms with E-state index in [0.29, 0.717) is 31.2 Å². The molecule has 0 unspecified atom stereocenters. The molecule has 22 heavy (non-hydrogen) atoms. The minimum Gasteiger partial charge on any atom is -0.383 e. The molecule has 0 amide bonds. The van der Waals surface area contributed by atoms with E-state index in [0.717, 1.165) is 5.56 Å². The first-order valence-corrected chi connectivity index (χ1v) is 9.52. The molecule has 1 aromatic rings. The van der Waals surface area contributed by atoms with Crippen molar-refractivity contribution < 1.29 is 13.2 Å². The number of nitrogens with one attached hydrogen (secondary N) is 1. The van der Waals surface area contributed by atoms with Crippen molar-refractivity contribution in [1.82, 2.24) is 10.2 Å². The summed E-state index contributed by atoms with van der Waals surface area (Å²) >= 11 is 5.46. The van der Waals surface area contributed by atoms with Gasteiger partial charge in [0.25, 0.3) is 0 Å². The molecule has 2 rings (SSSR count). The standard InChI is InChI=1S/C15H22N2O3S2/c1-20-9-8-17(14-7-10-22(18,19)12-14)15(21)16-11-13-5-3-2-4-6-13/h2-6,14H,7-12H2,1H3,(H,16,21)/t14-/m0/s1. The molecule has 122 valence electrons. The molecule has 0 bridgehead atoms. The zero-order valence-corrected chi connectivity index (χ0v) is 14.3. The van der Waals surface area contributed by atoms with E-state index in [1.165, 1.54) is 0 Å². The van der Waals surface area contributed by atoms with Crippen molar-refractivity contribution in [2.45, 2.75) is 19.0 Å². The lowest BCUT2D eigenvalue weighted by Crippen LogP contribution is -2.47. The van der Waals surface area contributed by atoms with E-state index in [9.17, 15) is 8.42 Å². The average molecular weight is 342 g/mol. The Morgan fingerprint density at radius 1 is 1.41 bits per heavy atom. The quantitative estimate of drug-likeness (QED) is 0.784. The van der Waals surface area contributed by atoms with Crippen LogP contribution in [0.1, 0.15) is 12.0 Å². The van der Waals surface area contributed by atoms with E-state index in [2.05, 4.69) is 5.32 Å². The van der Waals surface area contributed by atoms with Crippen LogP contribution in [0.2, 0.25) is 0 Å². The Balaban J connectivity index is 1.97. The summed E-state index contributed by atoms with van der Waals surface area (Å²) in [5.41, 5.74) is 1.13. The lowest BCUT2D eigenvalue weighted by Gasteiger charge is -2.30. The molecule has 0 aliphatic carbocycles. The fourth-order valence-corrected chi connectivity index (χ4v) is 4.58. The zero-order valence-electron chi connectivity index (χ0n) is 12.7. The smallest absolute Gasteiger partial charge is 0.169 e. The fraction of sp³-hybridized carbons (Fsp3) is 0.533. The third-order valence-electron chi connectivity index (χ3n) is 3.73. The van der Waals surface area contributed by atoms with Gasteiger partial charge in [0.15, 0.2) is 14.9 Å². The Kier molecular flexibility index (Phi) is 6.16. The minimum absolute atomic E-state index is 0.0593. The van der Waals surface area contributed by atoms with Crippen LogP contribution in [0.25, 0.3) is 0 Å². The topological polar surface area (TPSA) is 58.6 Å². The number of thiocarbonyl (C=S) groups is 1. The Hall–Kier alpha value is -1.18. The van der Waals surface area contributed by atoms with Gasteiger partial charge in [-0.3, -0.25) is 0 Å². The monoisotopic (exact) mass is 342 g/mol. The Morgan fingerprint density at radius 3 is 2.73 bits per heavy atom. The SMILES string of the molecule is COCCN(C(=S)NCc1ccccc1)[C@H]1CCS(=O)(=O)C1. The second-order valence-corrected chi connectivity index (χ2v) is 8.00. The van der Waals surface area contributed by atoms with E-state index < -0.39 is 9.84 Å². The first-order valence-electron chi connectivity index (χ1n) is 7.29. The van der Waals surface area contributed by atoms with Crippen molar-refractivity contribution in [3.05, 3.63) is 35.9 Å². The van der Waals surface area contributed by atoms with Crippen LogP contribution in [-0.4, -0.2) is 56.2 Å². The van der Waals surface area contributed by atoms with Crippen molar-refractivity contribution in [3.63, 3.8) is 0 Å². The molecular formula is C15H22N2O3S2. The molecule has 1 saturated heterocycles. The second-order valence-electron chi connectivity index (χ2n) is 5.39. The average Bonchev–Trinajstić information content (AvgIpc) is 2.86. The maximum atomic E-state index is 11.7. The Bertz CT molecular complexity index is 590. The second kappa shape index (κ2) is 7.89. The van der Waals surface area contributed by atoms with Gasteiger partial charge in [-0.05, 0) is 24.2 Å². The molecule has 0 aromatic heterocycles. The van der Waals surface area contributed by atoms with Crippen LogP contribution in [0, 0.1) is 0 Å². The summed E-state index contributed by atoms with van der Waals surface area (Å²) < 4.78 is 28.5. The summed E-state index contributed by atoms with van der Waals surface area (Å²) in [5.74, 6) is 0.409. The van der Waals surface area contributed by atoms with Crippen LogP contribution in [0.3, 0.4) is 0 Å². The van der Waals surface area contributed by atoms with Crippen molar-refractivity contribution in [3.8, 4) is 0 Å². The van der Waals surface area contributed by atoms with Crippen molar-refractivity contribution in [2.24, 2.45) is 0 Å². The molecule has 0 spiro atoms. The first kappa shape index (κ1) is 17.2. The largest absolute Gasteiger partial charge is 0.383 e. The highest BCUT2D eigenvalue weighted by atomic mass is 32.2. The predicted molar refractivity (Wildman–Crippen MR) is 91.5 cm³/mol. The molecule has 5 nitrogen and oxygen atoms in total. The molecular weight excluding hydrogens is 320 g/mol. The predicted octanol–water partition coefficient (Wildman–Crippen LogP) is 1.20. The number of benzene rings is 1. The molecule has 1 atom stereocenters. The van der Waals surface area contributed by atoms with Crippen LogP contribution in [-0.2, 0) is 21.1 Å². The van der Waals surface area contributed by atoms with Gasteiger partial charge in [-0.15, -0.1) is 0 Å². The van der Waals surface area contributed by atoms with Gasteiger partial charge in [-0.25, -0.2) is 8.42 Å². The van der Waals surface area contributed by atoms with Crippen LogP contribution >= 0.6 is 12.2 Å². The fourth-order valence-electron chi connectivity index (χ4n) is 2.54. The van der Waals surface area contributed by atoms with Crippen LogP contribution in [0.4, 0.5) is 0 Å². The summed E-state index contributed by atoms with van der Waals surface area (Å²) in [6.45, 7) is 1.74. The van der Waals surface area contributed by atoms with Crippen LogP contribution < -0.4 is 5.32 Å². The highest BCUT2D eigenvalue weighted by Crippen LogP contribution is 2.18. The minimum atomic E-state index is -2.94. The van der Waals surface area contributed by atoms with Gasteiger partial charge in [0.2, 0.25) is 0 Å². The number of hydrogen-bond acceptors (Lipinski definition) is 4. The number of nitrogens with zero attached hydrogens (tertiary/aromatic N) is 1. The lowest BCUT2D eigenvalue weighted by molar-refractivity contribution is 0.164. The maximum Gasteiger partial charge on any atom is 0.169 e. The molecule has 0 saturated carbocycles. The number of rotatable bonds is 6. The maximum absolute atomic E-state index is 11.7. The van der Waals surface area contributed by atoms with Gasteiger partial charge >= 0.3 is 0 Å². The van der Waals surface area contributed by atoms with Crippen LogP contribution in [0.5, 0.6) is 0 Å². The normalized spacial score (nSPS) is 19.8. The molecule has 0 radical (unpaired) electrons. The molecule has 1 heterocycles. The van der Waals surface area contributed by atoms with Gasteiger partial charge in [-0.1, -0.05) is 30.3 Å². The van der Waals surface area contributed by atoms with Crippen molar-refractivity contribution in [1.29, 1.82) is 0 Å².